The van der Waals surface area contributed by atoms with Gasteiger partial charge in [0.1, 0.15) is 5.60 Å². The van der Waals surface area contributed by atoms with Crippen molar-refractivity contribution < 1.29 is 19.4 Å². The van der Waals surface area contributed by atoms with Crippen LogP contribution < -0.4 is 0 Å². The molecular weight excluding hydrogens is 210 g/mol. The Balaban J connectivity index is 2.61. The van der Waals surface area contributed by atoms with Gasteiger partial charge in [0, 0.05) is 7.11 Å². The second-order valence-corrected chi connectivity index (χ2v) is 5.06. The van der Waals surface area contributed by atoms with Crippen LogP contribution in [0.15, 0.2) is 0 Å². The Bertz CT molecular complexity index is 249. The fourth-order valence-corrected chi connectivity index (χ4v) is 1.76. The Hall–Kier alpha value is -0.810. The van der Waals surface area contributed by atoms with Crippen LogP contribution in [0.5, 0.6) is 0 Å². The summed E-state index contributed by atoms with van der Waals surface area (Å²) in [5.41, 5.74) is -0.512. The largest absolute Gasteiger partial charge is 0.444 e. The van der Waals surface area contributed by atoms with Crippen molar-refractivity contribution in [2.45, 2.75) is 44.9 Å². The topological polar surface area (TPSA) is 59.0 Å². The number of ether oxygens (including phenoxy) is 2. The standard InChI is InChI=1S/C11H21NO4/c1-11(2,3)16-10(14)12-6-9(15-4)5-8(12)7-13/h8-9,13H,5-7H2,1-4H3/t8-,9-/m1/s1. The van der Waals surface area contributed by atoms with E-state index in [0.717, 1.165) is 0 Å². The summed E-state index contributed by atoms with van der Waals surface area (Å²) in [4.78, 5) is 13.4. The first-order valence-electron chi connectivity index (χ1n) is 5.50. The summed E-state index contributed by atoms with van der Waals surface area (Å²) in [6.45, 7) is 5.89. The monoisotopic (exact) mass is 231 g/mol. The molecule has 5 heteroatoms. The van der Waals surface area contributed by atoms with E-state index in [1.807, 2.05) is 20.8 Å². The van der Waals surface area contributed by atoms with Gasteiger partial charge in [-0.1, -0.05) is 0 Å². The normalized spacial score (nSPS) is 25.9. The molecule has 2 atom stereocenters. The summed E-state index contributed by atoms with van der Waals surface area (Å²) in [6, 6.07) is -0.195. The third-order valence-corrected chi connectivity index (χ3v) is 2.55. The number of carbonyl (C=O) groups is 1. The van der Waals surface area contributed by atoms with Gasteiger partial charge in [-0.25, -0.2) is 4.79 Å². The number of hydrogen-bond donors (Lipinski definition) is 1. The second kappa shape index (κ2) is 5.01. The smallest absolute Gasteiger partial charge is 0.410 e. The molecule has 0 spiro atoms. The maximum absolute atomic E-state index is 11.8. The van der Waals surface area contributed by atoms with Crippen molar-refractivity contribution in [3.05, 3.63) is 0 Å². The zero-order valence-electron chi connectivity index (χ0n) is 10.4. The molecule has 0 aromatic carbocycles. The molecular formula is C11H21NO4. The predicted octanol–water partition coefficient (Wildman–Crippen LogP) is 1.00. The molecule has 1 amide bonds. The molecule has 0 aliphatic carbocycles. The average Bonchev–Trinajstić information content (AvgIpc) is 2.58. The van der Waals surface area contributed by atoms with Crippen molar-refractivity contribution in [3.8, 4) is 0 Å². The first kappa shape index (κ1) is 13.3. The molecule has 0 aromatic rings. The lowest BCUT2D eigenvalue weighted by Crippen LogP contribution is -2.41. The molecule has 0 aromatic heterocycles. The number of hydrogen-bond acceptors (Lipinski definition) is 4. The number of amides is 1. The summed E-state index contributed by atoms with van der Waals surface area (Å²) >= 11 is 0. The van der Waals surface area contributed by atoms with Gasteiger partial charge < -0.3 is 19.5 Å². The summed E-state index contributed by atoms with van der Waals surface area (Å²) in [7, 11) is 1.61. The van der Waals surface area contributed by atoms with E-state index in [4.69, 9.17) is 9.47 Å². The first-order valence-corrected chi connectivity index (χ1v) is 5.50. The van der Waals surface area contributed by atoms with Gasteiger partial charge in [0.25, 0.3) is 0 Å². The van der Waals surface area contributed by atoms with Crippen molar-refractivity contribution in [2.24, 2.45) is 0 Å². The number of methoxy groups -OCH3 is 1. The predicted molar refractivity (Wildman–Crippen MR) is 59.2 cm³/mol. The summed E-state index contributed by atoms with van der Waals surface area (Å²) in [5.74, 6) is 0. The highest BCUT2D eigenvalue weighted by molar-refractivity contribution is 5.69. The average molecular weight is 231 g/mol. The SMILES string of the molecule is CO[C@@H]1C[C@H](CO)N(C(=O)OC(C)(C)C)C1. The first-order chi connectivity index (χ1) is 7.37. The van der Waals surface area contributed by atoms with E-state index in [-0.39, 0.29) is 24.8 Å². The van der Waals surface area contributed by atoms with E-state index in [2.05, 4.69) is 0 Å². The second-order valence-electron chi connectivity index (χ2n) is 5.06. The lowest BCUT2D eigenvalue weighted by Gasteiger charge is -2.27. The van der Waals surface area contributed by atoms with Crippen LogP contribution >= 0.6 is 0 Å². The van der Waals surface area contributed by atoms with E-state index in [1.165, 1.54) is 0 Å². The van der Waals surface area contributed by atoms with Gasteiger partial charge in [-0.2, -0.15) is 0 Å². The summed E-state index contributed by atoms with van der Waals surface area (Å²) < 4.78 is 10.5. The zero-order chi connectivity index (χ0) is 12.3. The number of carbonyl (C=O) groups excluding carboxylic acids is 1. The highest BCUT2D eigenvalue weighted by atomic mass is 16.6. The van der Waals surface area contributed by atoms with Crippen LogP contribution in [-0.4, -0.2) is 54.1 Å². The number of aliphatic hydroxyl groups excluding tert-OH is 1. The van der Waals surface area contributed by atoms with Gasteiger partial charge in [-0.05, 0) is 27.2 Å². The van der Waals surface area contributed by atoms with Gasteiger partial charge in [0.2, 0.25) is 0 Å². The molecule has 1 fully saturated rings. The van der Waals surface area contributed by atoms with E-state index < -0.39 is 5.60 Å². The fraction of sp³-hybridized carbons (Fsp3) is 0.909. The molecule has 0 bridgehead atoms. The molecule has 16 heavy (non-hydrogen) atoms. The van der Waals surface area contributed by atoms with Crippen molar-refractivity contribution >= 4 is 6.09 Å². The molecule has 0 unspecified atom stereocenters. The number of aliphatic hydroxyl groups is 1. The van der Waals surface area contributed by atoms with Crippen LogP contribution in [0.3, 0.4) is 0 Å². The van der Waals surface area contributed by atoms with E-state index in [9.17, 15) is 9.90 Å². The third kappa shape index (κ3) is 3.35. The van der Waals surface area contributed by atoms with Crippen LogP contribution in [0.1, 0.15) is 27.2 Å². The fourth-order valence-electron chi connectivity index (χ4n) is 1.76. The minimum Gasteiger partial charge on any atom is -0.444 e. The van der Waals surface area contributed by atoms with Crippen molar-refractivity contribution in [2.75, 3.05) is 20.3 Å². The van der Waals surface area contributed by atoms with E-state index >= 15 is 0 Å². The zero-order valence-corrected chi connectivity index (χ0v) is 10.4. The lowest BCUT2D eigenvalue weighted by molar-refractivity contribution is 0.0154. The van der Waals surface area contributed by atoms with E-state index in [0.29, 0.717) is 13.0 Å². The van der Waals surface area contributed by atoms with Gasteiger partial charge in [0.05, 0.1) is 25.3 Å². The minimum absolute atomic E-state index is 0.00957. The maximum Gasteiger partial charge on any atom is 0.410 e. The molecule has 1 aliphatic heterocycles. The number of likely N-dealkylation sites (tertiary alicyclic amines) is 1. The Morgan fingerprint density at radius 3 is 2.56 bits per heavy atom. The third-order valence-electron chi connectivity index (χ3n) is 2.55. The van der Waals surface area contributed by atoms with Crippen LogP contribution in [0.25, 0.3) is 0 Å². The summed E-state index contributed by atoms with van der Waals surface area (Å²) in [5, 5.41) is 9.19. The number of nitrogens with zero attached hydrogens (tertiary/aromatic N) is 1. The van der Waals surface area contributed by atoms with Crippen molar-refractivity contribution in [1.82, 2.24) is 4.90 Å². The Morgan fingerprint density at radius 1 is 1.50 bits per heavy atom. The van der Waals surface area contributed by atoms with Crippen LogP contribution in [0.2, 0.25) is 0 Å². The highest BCUT2D eigenvalue weighted by Gasteiger charge is 2.37. The van der Waals surface area contributed by atoms with Crippen LogP contribution in [0, 0.1) is 0 Å². The molecule has 1 heterocycles. The molecule has 1 aliphatic rings. The van der Waals surface area contributed by atoms with Crippen molar-refractivity contribution in [1.29, 1.82) is 0 Å². The molecule has 1 N–H and O–H groups in total. The van der Waals surface area contributed by atoms with Gasteiger partial charge in [-0.3, -0.25) is 0 Å². The molecule has 0 radical (unpaired) electrons. The summed E-state index contributed by atoms with van der Waals surface area (Å²) in [6.07, 6.45) is 0.266. The molecule has 0 saturated carbocycles. The van der Waals surface area contributed by atoms with Gasteiger partial charge in [-0.15, -0.1) is 0 Å². The van der Waals surface area contributed by atoms with Crippen LogP contribution in [0.4, 0.5) is 4.79 Å². The Labute approximate surface area is 96.3 Å². The highest BCUT2D eigenvalue weighted by Crippen LogP contribution is 2.22. The Morgan fingerprint density at radius 2 is 2.12 bits per heavy atom. The number of rotatable bonds is 2. The lowest BCUT2D eigenvalue weighted by atomic mass is 10.2. The molecule has 1 rings (SSSR count). The minimum atomic E-state index is -0.512. The quantitative estimate of drug-likeness (QED) is 0.770. The van der Waals surface area contributed by atoms with E-state index in [1.54, 1.807) is 12.0 Å². The maximum atomic E-state index is 11.8. The van der Waals surface area contributed by atoms with Gasteiger partial charge >= 0.3 is 6.09 Å². The molecule has 1 saturated heterocycles. The van der Waals surface area contributed by atoms with Gasteiger partial charge in [0.15, 0.2) is 0 Å². The molecule has 94 valence electrons. The van der Waals surface area contributed by atoms with Crippen LogP contribution in [-0.2, 0) is 9.47 Å². The van der Waals surface area contributed by atoms with Crippen molar-refractivity contribution in [3.63, 3.8) is 0 Å². The Kier molecular flexibility index (Phi) is 4.15. The molecule has 5 nitrogen and oxygen atoms in total.